The highest BCUT2D eigenvalue weighted by Gasteiger charge is 2.00. The zero-order chi connectivity index (χ0) is 5.98. The molecule has 0 saturated carbocycles. The summed E-state index contributed by atoms with van der Waals surface area (Å²) < 4.78 is 0. The molecule has 0 atom stereocenters. The zero-order valence-electron chi connectivity index (χ0n) is 4.03. The smallest absolute Gasteiger partial charge is 0.300 e. The van der Waals surface area contributed by atoms with Crippen LogP contribution in [0.15, 0.2) is 22.9 Å². The SMILES string of the molecule is O=C([O-])[s+]1cccc1. The topological polar surface area (TPSA) is 40.1 Å². The normalized spacial score (nSPS) is 9.00. The van der Waals surface area contributed by atoms with Gasteiger partial charge in [-0.05, 0) is 12.1 Å². The molecule has 1 aromatic rings. The quantitative estimate of drug-likeness (QED) is 0.520. The Morgan fingerprint density at radius 2 is 1.88 bits per heavy atom. The van der Waals surface area contributed by atoms with Crippen molar-refractivity contribution in [3.63, 3.8) is 0 Å². The van der Waals surface area contributed by atoms with Crippen LogP contribution in [0.25, 0.3) is 0 Å². The molecule has 0 saturated heterocycles. The first-order valence-corrected chi connectivity index (χ1v) is 3.43. The summed E-state index contributed by atoms with van der Waals surface area (Å²) in [5.41, 5.74) is 0. The number of carbonyl (C=O) groups excluding carboxylic acids is 1. The first-order valence-electron chi connectivity index (χ1n) is 2.08. The monoisotopic (exact) mass is 128 g/mol. The molecule has 0 aromatic carbocycles. The molecule has 0 amide bonds. The van der Waals surface area contributed by atoms with Gasteiger partial charge in [-0.2, -0.15) is 0 Å². The number of hydrogen-bond donors (Lipinski definition) is 0. The lowest BCUT2D eigenvalue weighted by molar-refractivity contribution is -0.233. The van der Waals surface area contributed by atoms with Crippen molar-refractivity contribution in [1.29, 1.82) is 0 Å². The van der Waals surface area contributed by atoms with Gasteiger partial charge in [0.05, 0.1) is 0 Å². The maximum absolute atomic E-state index is 10.0. The van der Waals surface area contributed by atoms with Crippen LogP contribution in [0.1, 0.15) is 0 Å². The van der Waals surface area contributed by atoms with Crippen molar-refractivity contribution in [3.05, 3.63) is 22.9 Å². The van der Waals surface area contributed by atoms with E-state index in [2.05, 4.69) is 0 Å². The molecule has 1 aromatic heterocycles. The van der Waals surface area contributed by atoms with Gasteiger partial charge in [0.15, 0.2) is 0 Å². The van der Waals surface area contributed by atoms with Gasteiger partial charge < -0.3 is 9.90 Å². The lowest BCUT2D eigenvalue weighted by Crippen LogP contribution is -2.15. The Balaban J connectivity index is 2.93. The second-order valence-electron chi connectivity index (χ2n) is 1.28. The second-order valence-corrected chi connectivity index (χ2v) is 2.90. The Labute approximate surface area is 49.4 Å². The maximum atomic E-state index is 10.0. The average molecular weight is 128 g/mol. The minimum atomic E-state index is -1.00. The Morgan fingerprint density at radius 1 is 1.38 bits per heavy atom. The van der Waals surface area contributed by atoms with Crippen molar-refractivity contribution in [2.45, 2.75) is 0 Å². The number of carbonyl (C=O) groups is 1. The van der Waals surface area contributed by atoms with Crippen LogP contribution in [0, 0.1) is 0 Å². The fraction of sp³-hybridized carbons (Fsp3) is 0. The molecule has 0 aliphatic carbocycles. The molecule has 0 spiro atoms. The van der Waals surface area contributed by atoms with Crippen molar-refractivity contribution in [2.24, 2.45) is 0 Å². The summed E-state index contributed by atoms with van der Waals surface area (Å²) >= 11 is 0. The van der Waals surface area contributed by atoms with Gasteiger partial charge in [0.1, 0.15) is 10.8 Å². The second kappa shape index (κ2) is 1.96. The third-order valence-electron chi connectivity index (χ3n) is 0.754. The molecule has 0 aliphatic rings. The summed E-state index contributed by atoms with van der Waals surface area (Å²) in [6.45, 7) is 0. The van der Waals surface area contributed by atoms with Crippen molar-refractivity contribution in [2.75, 3.05) is 0 Å². The van der Waals surface area contributed by atoms with E-state index in [1.807, 2.05) is 0 Å². The molecule has 8 heavy (non-hydrogen) atoms. The van der Waals surface area contributed by atoms with Crippen LogP contribution in [-0.2, 0) is 0 Å². The van der Waals surface area contributed by atoms with Crippen molar-refractivity contribution in [1.82, 2.24) is 0 Å². The summed E-state index contributed by atoms with van der Waals surface area (Å²) in [6, 6.07) is 3.41. The summed E-state index contributed by atoms with van der Waals surface area (Å²) in [5.74, 6) is 0. The lowest BCUT2D eigenvalue weighted by Gasteiger charge is -1.80. The third kappa shape index (κ3) is 0.869. The average Bonchev–Trinajstić information content (AvgIpc) is 2.12. The molecule has 0 unspecified atom stereocenters. The summed E-state index contributed by atoms with van der Waals surface area (Å²) in [4.78, 5) is 10.0. The van der Waals surface area contributed by atoms with E-state index in [9.17, 15) is 9.90 Å². The van der Waals surface area contributed by atoms with Gasteiger partial charge in [-0.3, -0.25) is 0 Å². The lowest BCUT2D eigenvalue weighted by atomic mass is 10.7. The van der Waals surface area contributed by atoms with Crippen LogP contribution in [0.5, 0.6) is 0 Å². The van der Waals surface area contributed by atoms with Crippen LogP contribution in [-0.4, -0.2) is 5.30 Å². The summed E-state index contributed by atoms with van der Waals surface area (Å²) in [5, 5.41) is 12.2. The maximum Gasteiger partial charge on any atom is 0.300 e. The van der Waals surface area contributed by atoms with Crippen LogP contribution >= 0.6 is 10.5 Å². The summed E-state index contributed by atoms with van der Waals surface area (Å²) in [7, 11) is -0.735. The third-order valence-corrected chi connectivity index (χ3v) is 2.04. The molecule has 1 heterocycles. The van der Waals surface area contributed by atoms with Crippen LogP contribution in [0.2, 0.25) is 0 Å². The largest absolute Gasteiger partial charge is 0.500 e. The van der Waals surface area contributed by atoms with Gasteiger partial charge in [0, 0.05) is 10.5 Å². The van der Waals surface area contributed by atoms with Crippen LogP contribution < -0.4 is 5.11 Å². The van der Waals surface area contributed by atoms with Gasteiger partial charge in [-0.25, -0.2) is 0 Å². The molecular formula is C5H4O2S. The molecule has 2 nitrogen and oxygen atoms in total. The first kappa shape index (κ1) is 5.31. The molecule has 0 aliphatic heterocycles. The predicted molar refractivity (Wildman–Crippen MR) is 29.7 cm³/mol. The summed E-state index contributed by atoms with van der Waals surface area (Å²) in [6.07, 6.45) is 0. The van der Waals surface area contributed by atoms with E-state index in [1.54, 1.807) is 22.9 Å². The molecule has 0 N–H and O–H groups in total. The van der Waals surface area contributed by atoms with E-state index in [0.29, 0.717) is 0 Å². The number of hydrogen-bond acceptors (Lipinski definition) is 2. The Bertz CT molecular complexity index is 178. The van der Waals surface area contributed by atoms with Crippen LogP contribution in [0.4, 0.5) is 4.79 Å². The number of thiophene rings is 1. The van der Waals surface area contributed by atoms with Gasteiger partial charge in [0.2, 0.25) is 0 Å². The highest BCUT2D eigenvalue weighted by molar-refractivity contribution is 7.47. The Hall–Kier alpha value is -0.830. The zero-order valence-corrected chi connectivity index (χ0v) is 4.85. The Morgan fingerprint density at radius 3 is 2.12 bits per heavy atom. The molecule has 1 rings (SSSR count). The fourth-order valence-corrected chi connectivity index (χ4v) is 1.25. The fourth-order valence-electron chi connectivity index (χ4n) is 0.416. The standard InChI is InChI=1S/C5H4O2S/c6-5(7)8-3-1-2-4-8/h1-4H. The molecule has 0 fully saturated rings. The van der Waals surface area contributed by atoms with Gasteiger partial charge in [0.25, 0.3) is 0 Å². The van der Waals surface area contributed by atoms with Crippen molar-refractivity contribution < 1.29 is 9.90 Å². The van der Waals surface area contributed by atoms with Crippen molar-refractivity contribution >= 4 is 15.8 Å². The predicted octanol–water partition coefficient (Wildman–Crippen LogP) is 0.627. The molecule has 0 bridgehead atoms. The van der Waals surface area contributed by atoms with E-state index in [4.69, 9.17) is 0 Å². The first-order chi connectivity index (χ1) is 3.80. The Kier molecular flexibility index (Phi) is 1.30. The minimum Gasteiger partial charge on any atom is -0.500 e. The van der Waals surface area contributed by atoms with E-state index in [-0.39, 0.29) is 0 Å². The van der Waals surface area contributed by atoms with E-state index >= 15 is 0 Å². The van der Waals surface area contributed by atoms with Crippen molar-refractivity contribution in [3.8, 4) is 0 Å². The van der Waals surface area contributed by atoms with Gasteiger partial charge in [-0.15, -0.1) is 0 Å². The number of rotatable bonds is 1. The van der Waals surface area contributed by atoms with Crippen LogP contribution in [0.3, 0.4) is 0 Å². The highest BCUT2D eigenvalue weighted by Crippen LogP contribution is 2.13. The van der Waals surface area contributed by atoms with E-state index in [0.717, 1.165) is 0 Å². The molecular weight excluding hydrogens is 124 g/mol. The molecule has 3 heteroatoms. The van der Waals surface area contributed by atoms with Gasteiger partial charge in [-0.1, -0.05) is 0 Å². The van der Waals surface area contributed by atoms with Gasteiger partial charge >= 0.3 is 5.30 Å². The molecule has 0 radical (unpaired) electrons. The number of carboxylic acid groups (broad SMARTS) is 1. The minimum absolute atomic E-state index is 0.735. The molecule has 42 valence electrons. The highest BCUT2D eigenvalue weighted by atomic mass is 32.2. The van der Waals surface area contributed by atoms with E-state index in [1.165, 1.54) is 0 Å². The van der Waals surface area contributed by atoms with E-state index < -0.39 is 15.8 Å².